The minimum absolute atomic E-state index is 0.0321. The maximum absolute atomic E-state index is 10.9. The Bertz CT molecular complexity index is 4440. The van der Waals surface area contributed by atoms with Crippen molar-refractivity contribution in [1.82, 2.24) is 0 Å². The zero-order valence-electron chi connectivity index (χ0n) is 56.6. The standard InChI is InChI=1S/C41H42O21.C28H25BrO3.C8H8O5/c42-22-1-17(2-23(43)33(22)52)11-57-16-32-38(58-12-18-3-24(44)34(53)25(45)4-18)39(59-13-19-5-26(46)35(54)27(47)6-19)40(60-14-20-7-28(48)36(55)29(49)8-20)41(62-32)61-15-21-9-30(50)37(56)31(51)10-21;29-18-25-16-26(30-19-22-10-4-1-5-11-22)28(32-21-24-14-8-3-9-15-24)27(17-25)31-20-23-12-6-2-7-13-23;1-13-8(12)4-2-5(9)7(11)6(10)3-4/h1-10,32,38-56H,11-16H2;1-17H,18-21H2;2-3,9-11H,1H3/t32-,38-,39+,40-,41?;;/m1../s1. The summed E-state index contributed by atoms with van der Waals surface area (Å²) in [4.78, 5) is 10.9. The van der Waals surface area contributed by atoms with Crippen LogP contribution in [0, 0.1) is 0 Å². The zero-order valence-corrected chi connectivity index (χ0v) is 58.2. The highest BCUT2D eigenvalue weighted by atomic mass is 79.9. The fourth-order valence-corrected chi connectivity index (χ4v) is 10.9. The summed E-state index contributed by atoms with van der Waals surface area (Å²) in [5.74, 6) is -11.4. The summed E-state index contributed by atoms with van der Waals surface area (Å²) in [5, 5.41) is 179. The SMILES string of the molecule is BrCc1cc(OCc2ccccc2)c(OCc2ccccc2)c(OCc2ccccc2)c1.COC(=O)c1cc(O)c(O)c(O)c1.Oc1cc(COC[C@H]2OC(OCc3cc(O)c(O)c(O)c3)[C@H](OCc3cc(O)c(O)c(O)c3)[C@@H](OCc3cc(O)c(O)c(O)c3)[C@@H]2OCc2cc(O)c(O)c(O)c2)cc(O)c1O. The van der Waals surface area contributed by atoms with Gasteiger partial charge < -0.3 is 139 Å². The molecule has 1 saturated heterocycles. The molecule has 5 atom stereocenters. The summed E-state index contributed by atoms with van der Waals surface area (Å²) in [7, 11) is 1.17. The Morgan fingerprint density at radius 3 is 0.972 bits per heavy atom. The molecule has 0 bridgehead atoms. The van der Waals surface area contributed by atoms with Crippen LogP contribution in [-0.4, -0.2) is 142 Å². The second-order valence-corrected chi connectivity index (χ2v) is 24.4. The average Bonchev–Trinajstić information content (AvgIpc) is 0.776. The summed E-state index contributed by atoms with van der Waals surface area (Å²) in [6, 6.07) is 47.3. The lowest BCUT2D eigenvalue weighted by Crippen LogP contribution is -2.61. The van der Waals surface area contributed by atoms with E-state index in [1.807, 2.05) is 103 Å². The zero-order chi connectivity index (χ0) is 77.0. The van der Waals surface area contributed by atoms with Gasteiger partial charge in [0, 0.05) is 5.33 Å². The normalized spacial score (nSPS) is 15.2. The van der Waals surface area contributed by atoms with E-state index < -0.39 is 173 Å². The van der Waals surface area contributed by atoms with Crippen molar-refractivity contribution in [2.45, 2.75) is 88.9 Å². The van der Waals surface area contributed by atoms with Crippen molar-refractivity contribution in [3.63, 3.8) is 0 Å². The molecule has 0 spiro atoms. The molecule has 10 aromatic carbocycles. The lowest BCUT2D eigenvalue weighted by Gasteiger charge is -2.46. The van der Waals surface area contributed by atoms with E-state index in [1.165, 1.54) is 7.11 Å². The number of esters is 1. The lowest BCUT2D eigenvalue weighted by molar-refractivity contribution is -0.330. The van der Waals surface area contributed by atoms with E-state index in [9.17, 15) is 81.4 Å². The first kappa shape index (κ1) is 78.8. The van der Waals surface area contributed by atoms with Gasteiger partial charge in [0.15, 0.2) is 121 Å². The lowest BCUT2D eigenvalue weighted by atomic mass is 9.97. The van der Waals surface area contributed by atoms with Crippen molar-refractivity contribution >= 4 is 21.9 Å². The molecular weight excluding hydrogens is 1470 g/mol. The van der Waals surface area contributed by atoms with E-state index in [1.54, 1.807) is 0 Å². The van der Waals surface area contributed by atoms with Gasteiger partial charge in [0.1, 0.15) is 44.2 Å². The van der Waals surface area contributed by atoms with E-state index in [2.05, 4.69) is 20.7 Å². The Kier molecular flexibility index (Phi) is 27.2. The number of phenols is 18. The van der Waals surface area contributed by atoms with Gasteiger partial charge in [0.2, 0.25) is 5.75 Å². The van der Waals surface area contributed by atoms with E-state index in [0.29, 0.717) is 42.4 Å². The van der Waals surface area contributed by atoms with Gasteiger partial charge in [-0.2, -0.15) is 0 Å². The van der Waals surface area contributed by atoms with E-state index in [4.69, 9.17) is 58.0 Å². The molecule has 0 radical (unpaired) electrons. The number of carbonyl (C=O) groups excluding carboxylic acids is 1. The molecular formula is C77H75BrO29. The monoisotopic (exact) mass is 1540 g/mol. The third-order valence-electron chi connectivity index (χ3n) is 16.0. The predicted molar refractivity (Wildman–Crippen MR) is 380 cm³/mol. The Balaban J connectivity index is 0.000000241. The summed E-state index contributed by atoms with van der Waals surface area (Å²) in [6.45, 7) is -1.19. The van der Waals surface area contributed by atoms with Gasteiger partial charge in [0.25, 0.3) is 0 Å². The van der Waals surface area contributed by atoms with Crippen molar-refractivity contribution in [2.24, 2.45) is 0 Å². The highest BCUT2D eigenvalue weighted by molar-refractivity contribution is 9.08. The van der Waals surface area contributed by atoms with Crippen molar-refractivity contribution in [1.29, 1.82) is 0 Å². The van der Waals surface area contributed by atoms with E-state index >= 15 is 0 Å². The third-order valence-corrected chi connectivity index (χ3v) is 16.6. The fraction of sp³-hybridized carbons (Fsp3) is 0.208. The van der Waals surface area contributed by atoms with Gasteiger partial charge in [-0.05, 0) is 135 Å². The molecule has 10 aromatic rings. The van der Waals surface area contributed by atoms with Crippen molar-refractivity contribution < 1.29 is 144 Å². The summed E-state index contributed by atoms with van der Waals surface area (Å²) < 4.78 is 60.5. The third kappa shape index (κ3) is 21.2. The highest BCUT2D eigenvalue weighted by Crippen LogP contribution is 2.45. The van der Waals surface area contributed by atoms with Crippen LogP contribution in [-0.2, 0) is 91.3 Å². The molecule has 1 aliphatic rings. The topological polar surface area (TPSA) is 474 Å². The van der Waals surface area contributed by atoms with Gasteiger partial charge in [-0.15, -0.1) is 0 Å². The van der Waals surface area contributed by atoms with Crippen LogP contribution in [0.15, 0.2) is 176 Å². The fourth-order valence-electron chi connectivity index (χ4n) is 10.6. The Morgan fingerprint density at radius 2 is 0.636 bits per heavy atom. The second-order valence-electron chi connectivity index (χ2n) is 23.8. The molecule has 30 heteroatoms. The van der Waals surface area contributed by atoms with Crippen LogP contribution >= 0.6 is 15.9 Å². The molecule has 29 nitrogen and oxygen atoms in total. The second kappa shape index (κ2) is 36.9. The van der Waals surface area contributed by atoms with Crippen LogP contribution in [0.1, 0.15) is 60.4 Å². The Hall–Kier alpha value is -12.3. The van der Waals surface area contributed by atoms with Crippen LogP contribution < -0.4 is 14.2 Å². The van der Waals surface area contributed by atoms with Crippen LogP contribution in [0.2, 0.25) is 0 Å². The van der Waals surface area contributed by atoms with E-state index in [0.717, 1.165) is 95.1 Å². The number of methoxy groups -OCH3 is 1. The number of benzene rings is 10. The molecule has 0 aliphatic carbocycles. The van der Waals surface area contributed by atoms with E-state index in [-0.39, 0.29) is 40.0 Å². The summed E-state index contributed by atoms with van der Waals surface area (Å²) in [5.41, 5.74) is 4.95. The Morgan fingerprint density at radius 1 is 0.336 bits per heavy atom. The number of phenolic OH excluding ortho intramolecular Hbond substituents is 18. The molecule has 0 amide bonds. The molecule has 18 N–H and O–H groups in total. The number of hydrogen-bond donors (Lipinski definition) is 18. The number of alkyl halides is 1. The smallest absolute Gasteiger partial charge is 0.338 e. The first-order chi connectivity index (χ1) is 51.3. The quantitative estimate of drug-likeness (QED) is 0.0129. The number of halogens is 1. The summed E-state index contributed by atoms with van der Waals surface area (Å²) in [6.07, 6.45) is -7.00. The van der Waals surface area contributed by atoms with Crippen LogP contribution in [0.5, 0.6) is 121 Å². The molecule has 1 heterocycles. The molecule has 0 saturated carbocycles. The number of rotatable bonds is 27. The average molecular weight is 1540 g/mol. The first-order valence-corrected chi connectivity index (χ1v) is 33.3. The molecule has 1 fully saturated rings. The maximum Gasteiger partial charge on any atom is 0.338 e. The van der Waals surface area contributed by atoms with Gasteiger partial charge in [-0.25, -0.2) is 4.79 Å². The highest BCUT2D eigenvalue weighted by Gasteiger charge is 2.49. The molecule has 0 aromatic heterocycles. The molecule has 1 unspecified atom stereocenters. The molecule has 1 aliphatic heterocycles. The minimum atomic E-state index is -1.55. The van der Waals surface area contributed by atoms with Crippen molar-refractivity contribution in [3.8, 4) is 121 Å². The van der Waals surface area contributed by atoms with Crippen molar-refractivity contribution in [3.05, 3.63) is 232 Å². The Labute approximate surface area is 618 Å². The molecule has 564 valence electrons. The predicted octanol–water partition coefficient (Wildman–Crippen LogP) is 11.4. The van der Waals surface area contributed by atoms with Gasteiger partial charge in [0.05, 0.1) is 52.3 Å². The van der Waals surface area contributed by atoms with Crippen LogP contribution in [0.25, 0.3) is 0 Å². The molecule has 107 heavy (non-hydrogen) atoms. The number of carbonyl (C=O) groups is 1. The van der Waals surface area contributed by atoms with Crippen LogP contribution in [0.3, 0.4) is 0 Å². The first-order valence-electron chi connectivity index (χ1n) is 32.2. The number of aromatic hydroxyl groups is 18. The number of hydrogen-bond acceptors (Lipinski definition) is 29. The van der Waals surface area contributed by atoms with Gasteiger partial charge in [-0.1, -0.05) is 107 Å². The summed E-state index contributed by atoms with van der Waals surface area (Å²) >= 11 is 3.57. The van der Waals surface area contributed by atoms with Gasteiger partial charge in [-0.3, -0.25) is 0 Å². The minimum Gasteiger partial charge on any atom is -0.504 e. The largest absolute Gasteiger partial charge is 0.504 e. The molecule has 11 rings (SSSR count). The van der Waals surface area contributed by atoms with Crippen LogP contribution in [0.4, 0.5) is 0 Å². The van der Waals surface area contributed by atoms with Gasteiger partial charge >= 0.3 is 5.97 Å². The number of ether oxygens (including phenoxy) is 10. The van der Waals surface area contributed by atoms with Crippen molar-refractivity contribution in [2.75, 3.05) is 13.7 Å². The maximum atomic E-state index is 10.9.